The van der Waals surface area contributed by atoms with Crippen molar-refractivity contribution in [1.29, 1.82) is 0 Å². The molecule has 1 N–H and O–H groups in total. The zero-order valence-corrected chi connectivity index (χ0v) is 7.43. The Morgan fingerprint density at radius 2 is 1.86 bits per heavy atom. The quantitative estimate of drug-likeness (QED) is 0.503. The van der Waals surface area contributed by atoms with E-state index in [-0.39, 0.29) is 0 Å². The predicted molar refractivity (Wildman–Crippen MR) is 47.6 cm³/mol. The van der Waals surface area contributed by atoms with Crippen LogP contribution in [0.5, 0.6) is 0 Å². The maximum Gasteiger partial charge on any atom is 0.159 e. The van der Waals surface area contributed by atoms with Crippen LogP contribution < -0.4 is 0 Å². The number of oxime groups is 1. The molecular weight excluding hydrogens is 188 g/mol. The normalized spacial score (nSPS) is 18.3. The van der Waals surface area contributed by atoms with E-state index in [1.807, 2.05) is 0 Å². The van der Waals surface area contributed by atoms with Crippen molar-refractivity contribution in [3.63, 3.8) is 0 Å². The molecule has 0 fully saturated rings. The monoisotopic (exact) mass is 197 g/mol. The zero-order valence-electron chi connectivity index (χ0n) is 7.43. The van der Waals surface area contributed by atoms with Crippen molar-refractivity contribution in [3.05, 3.63) is 34.9 Å². The van der Waals surface area contributed by atoms with Crippen molar-refractivity contribution < 1.29 is 14.0 Å². The molecule has 0 saturated heterocycles. The van der Waals surface area contributed by atoms with Gasteiger partial charge in [0.15, 0.2) is 11.6 Å². The van der Waals surface area contributed by atoms with Gasteiger partial charge in [-0.1, -0.05) is 5.16 Å². The maximum absolute atomic E-state index is 12.9. The first-order valence-corrected chi connectivity index (χ1v) is 4.41. The second-order valence-corrected chi connectivity index (χ2v) is 3.32. The molecule has 0 bridgehead atoms. The largest absolute Gasteiger partial charge is 0.411 e. The number of nitrogens with zero attached hydrogens (tertiary/aromatic N) is 1. The molecule has 74 valence electrons. The minimum absolute atomic E-state index is 0.435. The van der Waals surface area contributed by atoms with Crippen LogP contribution in [0.25, 0.3) is 0 Å². The van der Waals surface area contributed by atoms with Crippen LogP contribution in [-0.2, 0) is 6.42 Å². The van der Waals surface area contributed by atoms with Crippen LogP contribution in [0.15, 0.2) is 17.3 Å². The molecule has 0 spiro atoms. The summed E-state index contributed by atoms with van der Waals surface area (Å²) >= 11 is 0. The van der Waals surface area contributed by atoms with E-state index in [2.05, 4.69) is 5.16 Å². The van der Waals surface area contributed by atoms with Crippen LogP contribution in [0, 0.1) is 11.6 Å². The lowest BCUT2D eigenvalue weighted by atomic mass is 9.90. The summed E-state index contributed by atoms with van der Waals surface area (Å²) in [4.78, 5) is 0. The minimum atomic E-state index is -0.896. The Morgan fingerprint density at radius 3 is 2.57 bits per heavy atom. The third kappa shape index (κ3) is 1.36. The molecule has 1 aliphatic carbocycles. The van der Waals surface area contributed by atoms with Crippen molar-refractivity contribution in [2.24, 2.45) is 5.16 Å². The SMILES string of the molecule is ON=C1CCCc2cc(F)c(F)cc21. The standard InChI is InChI=1S/C10H9F2NO/c11-8-4-6-2-1-3-10(13-14)7(6)5-9(8)12/h4-5,14H,1-3H2. The number of aryl methyl sites for hydroxylation is 1. The highest BCUT2D eigenvalue weighted by Crippen LogP contribution is 2.24. The molecule has 0 amide bonds. The van der Waals surface area contributed by atoms with Gasteiger partial charge in [0.25, 0.3) is 0 Å². The summed E-state index contributed by atoms with van der Waals surface area (Å²) in [5.41, 5.74) is 1.67. The van der Waals surface area contributed by atoms with Crippen molar-refractivity contribution >= 4 is 5.71 Å². The Bertz CT molecular complexity index is 401. The average molecular weight is 197 g/mol. The highest BCUT2D eigenvalue weighted by atomic mass is 19.2. The summed E-state index contributed by atoms with van der Waals surface area (Å²) in [6.07, 6.45) is 2.11. The van der Waals surface area contributed by atoms with Crippen molar-refractivity contribution in [3.8, 4) is 0 Å². The van der Waals surface area contributed by atoms with Crippen molar-refractivity contribution in [2.45, 2.75) is 19.3 Å². The van der Waals surface area contributed by atoms with Gasteiger partial charge in [0.05, 0.1) is 5.71 Å². The second-order valence-electron chi connectivity index (χ2n) is 3.32. The van der Waals surface area contributed by atoms with Gasteiger partial charge < -0.3 is 5.21 Å². The molecule has 0 aromatic heterocycles. The predicted octanol–water partition coefficient (Wildman–Crippen LogP) is 2.48. The van der Waals surface area contributed by atoms with E-state index in [1.165, 1.54) is 6.07 Å². The Balaban J connectivity index is 2.58. The maximum atomic E-state index is 12.9. The smallest absolute Gasteiger partial charge is 0.159 e. The highest BCUT2D eigenvalue weighted by molar-refractivity contribution is 6.02. The summed E-state index contributed by atoms with van der Waals surface area (Å²) in [5, 5.41) is 11.8. The van der Waals surface area contributed by atoms with E-state index in [4.69, 9.17) is 5.21 Å². The summed E-state index contributed by atoms with van der Waals surface area (Å²) in [7, 11) is 0. The summed E-state index contributed by atoms with van der Waals surface area (Å²) in [5.74, 6) is -1.74. The fourth-order valence-electron chi connectivity index (χ4n) is 1.75. The Labute approximate surface area is 79.9 Å². The van der Waals surface area contributed by atoms with Gasteiger partial charge in [-0.3, -0.25) is 0 Å². The second kappa shape index (κ2) is 3.36. The number of hydrogen-bond acceptors (Lipinski definition) is 2. The first-order chi connectivity index (χ1) is 6.72. The van der Waals surface area contributed by atoms with Crippen LogP contribution in [0.3, 0.4) is 0 Å². The van der Waals surface area contributed by atoms with Crippen LogP contribution >= 0.6 is 0 Å². The molecule has 0 atom stereocenters. The third-order valence-corrected chi connectivity index (χ3v) is 2.44. The van der Waals surface area contributed by atoms with E-state index in [0.29, 0.717) is 29.7 Å². The van der Waals surface area contributed by atoms with E-state index >= 15 is 0 Å². The fraction of sp³-hybridized carbons (Fsp3) is 0.300. The first kappa shape index (κ1) is 9.12. The van der Waals surface area contributed by atoms with Gasteiger partial charge in [0, 0.05) is 5.56 Å². The van der Waals surface area contributed by atoms with Crippen LogP contribution in [-0.4, -0.2) is 10.9 Å². The van der Waals surface area contributed by atoms with Crippen molar-refractivity contribution in [1.82, 2.24) is 0 Å². The molecular formula is C10H9F2NO. The van der Waals surface area contributed by atoms with Gasteiger partial charge in [0.1, 0.15) is 0 Å². The topological polar surface area (TPSA) is 32.6 Å². The fourth-order valence-corrected chi connectivity index (χ4v) is 1.75. The van der Waals surface area contributed by atoms with Crippen LogP contribution in [0.1, 0.15) is 24.0 Å². The third-order valence-electron chi connectivity index (χ3n) is 2.44. The molecule has 2 nitrogen and oxygen atoms in total. The molecule has 0 saturated carbocycles. The van der Waals surface area contributed by atoms with Crippen molar-refractivity contribution in [2.75, 3.05) is 0 Å². The zero-order chi connectivity index (χ0) is 10.1. The lowest BCUT2D eigenvalue weighted by molar-refractivity contribution is 0.317. The summed E-state index contributed by atoms with van der Waals surface area (Å²) in [6.45, 7) is 0. The summed E-state index contributed by atoms with van der Waals surface area (Å²) in [6, 6.07) is 2.27. The van der Waals surface area contributed by atoms with Crippen LogP contribution in [0.4, 0.5) is 8.78 Å². The number of benzene rings is 1. The number of halogens is 2. The number of hydrogen-bond donors (Lipinski definition) is 1. The molecule has 1 aromatic carbocycles. The Hall–Kier alpha value is -1.45. The first-order valence-electron chi connectivity index (χ1n) is 4.41. The Morgan fingerprint density at radius 1 is 1.14 bits per heavy atom. The van der Waals surface area contributed by atoms with Gasteiger partial charge in [0.2, 0.25) is 0 Å². The van der Waals surface area contributed by atoms with Crippen LogP contribution in [0.2, 0.25) is 0 Å². The Kier molecular flexibility index (Phi) is 2.19. The van der Waals surface area contributed by atoms with Gasteiger partial charge in [-0.2, -0.15) is 0 Å². The highest BCUT2D eigenvalue weighted by Gasteiger charge is 2.18. The van der Waals surface area contributed by atoms with E-state index in [9.17, 15) is 8.78 Å². The molecule has 4 heteroatoms. The number of fused-ring (bicyclic) bond motifs is 1. The van der Waals surface area contributed by atoms with Gasteiger partial charge >= 0.3 is 0 Å². The lowest BCUT2D eigenvalue weighted by Gasteiger charge is -2.16. The van der Waals surface area contributed by atoms with Gasteiger partial charge in [-0.25, -0.2) is 8.78 Å². The van der Waals surface area contributed by atoms with E-state index in [1.54, 1.807) is 0 Å². The minimum Gasteiger partial charge on any atom is -0.411 e. The lowest BCUT2D eigenvalue weighted by Crippen LogP contribution is -2.13. The number of rotatable bonds is 0. The average Bonchev–Trinajstić information content (AvgIpc) is 2.19. The van der Waals surface area contributed by atoms with E-state index in [0.717, 1.165) is 12.5 Å². The van der Waals surface area contributed by atoms with Gasteiger partial charge in [-0.15, -0.1) is 0 Å². The molecule has 0 radical (unpaired) electrons. The molecule has 0 heterocycles. The van der Waals surface area contributed by atoms with E-state index < -0.39 is 11.6 Å². The molecule has 2 rings (SSSR count). The van der Waals surface area contributed by atoms with Gasteiger partial charge in [-0.05, 0) is 37.0 Å². The molecule has 0 aliphatic heterocycles. The molecule has 14 heavy (non-hydrogen) atoms. The summed E-state index contributed by atoms with van der Waals surface area (Å²) < 4.78 is 25.8. The molecule has 1 aromatic rings. The molecule has 1 aliphatic rings. The molecule has 0 unspecified atom stereocenters.